The van der Waals surface area contributed by atoms with Crippen LogP contribution in [-0.4, -0.2) is 29.1 Å². The second-order valence-corrected chi connectivity index (χ2v) is 7.43. The van der Waals surface area contributed by atoms with E-state index < -0.39 is 0 Å². The average molecular weight is 400 g/mol. The fraction of sp³-hybridized carbons (Fsp3) is 0.182. The van der Waals surface area contributed by atoms with Gasteiger partial charge in [-0.25, -0.2) is 19.1 Å². The van der Waals surface area contributed by atoms with Gasteiger partial charge in [-0.15, -0.1) is 0 Å². The molecule has 8 nitrogen and oxygen atoms in total. The molecule has 8 heteroatoms. The number of aromatic nitrogens is 8. The van der Waals surface area contributed by atoms with E-state index in [-0.39, 0.29) is 0 Å². The van der Waals surface area contributed by atoms with E-state index in [0.29, 0.717) is 0 Å². The van der Waals surface area contributed by atoms with E-state index in [1.54, 1.807) is 0 Å². The maximum atomic E-state index is 4.21. The molecule has 0 aliphatic heterocycles. The van der Waals surface area contributed by atoms with Gasteiger partial charge in [-0.1, -0.05) is 0 Å². The van der Waals surface area contributed by atoms with E-state index >= 15 is 0 Å². The van der Waals surface area contributed by atoms with E-state index in [9.17, 15) is 0 Å². The third kappa shape index (κ3) is 4.07. The number of hydrogen-bond donors (Lipinski definition) is 2. The molecule has 4 heterocycles. The molecule has 0 bridgehead atoms. The third-order valence-corrected chi connectivity index (χ3v) is 5.26. The normalized spacial score (nSPS) is 11.2. The minimum Gasteiger partial charge on any atom is -0.333 e. The first-order valence-electron chi connectivity index (χ1n) is 9.92. The molecule has 5 rings (SSSR count). The van der Waals surface area contributed by atoms with Crippen LogP contribution >= 0.6 is 0 Å². The van der Waals surface area contributed by atoms with Gasteiger partial charge in [0.2, 0.25) is 12.7 Å². The van der Waals surface area contributed by atoms with Crippen molar-refractivity contribution in [3.63, 3.8) is 0 Å². The molecule has 30 heavy (non-hydrogen) atoms. The molecule has 150 valence electrons. The van der Waals surface area contributed by atoms with Gasteiger partial charge in [0.25, 0.3) is 0 Å². The molecule has 0 spiro atoms. The molecular formula is C22H24N8+2. The highest BCUT2D eigenvalue weighted by atomic mass is 15.0. The highest BCUT2D eigenvalue weighted by Gasteiger charge is 2.15. The zero-order valence-electron chi connectivity index (χ0n) is 16.6. The average Bonchev–Trinajstić information content (AvgIpc) is 3.54. The highest BCUT2D eigenvalue weighted by Crippen LogP contribution is 2.20. The Morgan fingerprint density at radius 2 is 1.20 bits per heavy atom. The molecule has 5 aromatic rings. The monoisotopic (exact) mass is 400 g/mol. The number of imidazole rings is 4. The molecule has 0 fully saturated rings. The quantitative estimate of drug-likeness (QED) is 0.388. The van der Waals surface area contributed by atoms with Crippen molar-refractivity contribution in [1.82, 2.24) is 29.1 Å². The van der Waals surface area contributed by atoms with Gasteiger partial charge in [-0.2, -0.15) is 0 Å². The van der Waals surface area contributed by atoms with Crippen LogP contribution in [0.5, 0.6) is 0 Å². The van der Waals surface area contributed by atoms with Crippen LogP contribution in [0.25, 0.3) is 0 Å². The molecule has 0 saturated heterocycles. The smallest absolute Gasteiger partial charge is 0.241 e. The SMILES string of the molecule is c1cn(Cc2cc(C[n+]3cc[nH]c3)c(C[n+]3cc[nH]c3)cc2Cn2ccnc2)cn1. The van der Waals surface area contributed by atoms with Gasteiger partial charge in [0.15, 0.2) is 0 Å². The summed E-state index contributed by atoms with van der Waals surface area (Å²) in [4.78, 5) is 14.7. The molecule has 0 saturated carbocycles. The maximum absolute atomic E-state index is 4.21. The Bertz CT molecular complexity index is 983. The zero-order chi connectivity index (χ0) is 20.2. The predicted molar refractivity (Wildman–Crippen MR) is 109 cm³/mol. The number of aromatic amines is 2. The molecule has 0 aliphatic carbocycles. The van der Waals surface area contributed by atoms with Crippen LogP contribution < -0.4 is 9.13 Å². The summed E-state index contributed by atoms with van der Waals surface area (Å²) in [6.07, 6.45) is 23.4. The van der Waals surface area contributed by atoms with E-state index in [1.165, 1.54) is 22.3 Å². The molecule has 2 N–H and O–H groups in total. The Kier molecular flexibility index (Phi) is 4.95. The Morgan fingerprint density at radius 3 is 1.57 bits per heavy atom. The molecule has 0 aliphatic rings. The van der Waals surface area contributed by atoms with Crippen LogP contribution in [-0.2, 0) is 26.2 Å². The van der Waals surface area contributed by atoms with Gasteiger partial charge in [0, 0.05) is 49.0 Å². The summed E-state index contributed by atoms with van der Waals surface area (Å²) in [6, 6.07) is 4.68. The van der Waals surface area contributed by atoms with E-state index in [4.69, 9.17) is 0 Å². The van der Waals surface area contributed by atoms with Crippen molar-refractivity contribution in [2.75, 3.05) is 0 Å². The first-order valence-corrected chi connectivity index (χ1v) is 9.92. The van der Waals surface area contributed by atoms with E-state index in [1.807, 2.05) is 62.5 Å². The van der Waals surface area contributed by atoms with Crippen molar-refractivity contribution < 1.29 is 9.13 Å². The molecule has 0 atom stereocenters. The molecule has 0 amide bonds. The lowest BCUT2D eigenvalue weighted by Crippen LogP contribution is -2.35. The summed E-state index contributed by atoms with van der Waals surface area (Å²) in [7, 11) is 0. The van der Waals surface area contributed by atoms with Gasteiger partial charge in [-0.05, 0) is 23.3 Å². The topological polar surface area (TPSA) is 75.0 Å². The molecule has 0 unspecified atom stereocenters. The minimum absolute atomic E-state index is 0.784. The maximum Gasteiger partial charge on any atom is 0.241 e. The first-order chi connectivity index (χ1) is 14.8. The lowest BCUT2D eigenvalue weighted by atomic mass is 9.97. The van der Waals surface area contributed by atoms with Crippen LogP contribution in [0.4, 0.5) is 0 Å². The lowest BCUT2D eigenvalue weighted by Gasteiger charge is -2.16. The van der Waals surface area contributed by atoms with Gasteiger partial charge in [0.05, 0.1) is 12.7 Å². The van der Waals surface area contributed by atoms with Gasteiger partial charge < -0.3 is 9.13 Å². The zero-order valence-corrected chi connectivity index (χ0v) is 16.6. The predicted octanol–water partition coefficient (Wildman–Crippen LogP) is 1.50. The number of benzene rings is 1. The van der Waals surface area contributed by atoms with Crippen LogP contribution in [0.1, 0.15) is 22.3 Å². The minimum atomic E-state index is 0.784. The van der Waals surface area contributed by atoms with Crippen LogP contribution in [0.3, 0.4) is 0 Å². The van der Waals surface area contributed by atoms with Crippen molar-refractivity contribution in [1.29, 1.82) is 0 Å². The highest BCUT2D eigenvalue weighted by molar-refractivity contribution is 5.38. The van der Waals surface area contributed by atoms with Crippen LogP contribution in [0.2, 0.25) is 0 Å². The number of nitrogens with zero attached hydrogens (tertiary/aromatic N) is 6. The summed E-state index contributed by atoms with van der Waals surface area (Å²) in [5, 5.41) is 0. The fourth-order valence-electron chi connectivity index (χ4n) is 3.77. The molecule has 4 aromatic heterocycles. The summed E-state index contributed by atoms with van der Waals surface area (Å²) in [6.45, 7) is 3.19. The van der Waals surface area contributed by atoms with Gasteiger partial charge in [-0.3, -0.25) is 9.97 Å². The first kappa shape index (κ1) is 18.1. The lowest BCUT2D eigenvalue weighted by molar-refractivity contribution is -0.692. The third-order valence-electron chi connectivity index (χ3n) is 5.26. The van der Waals surface area contributed by atoms with Crippen molar-refractivity contribution in [2.24, 2.45) is 0 Å². The number of hydrogen-bond acceptors (Lipinski definition) is 2. The Morgan fingerprint density at radius 1 is 0.700 bits per heavy atom. The van der Waals surface area contributed by atoms with E-state index in [0.717, 1.165) is 26.2 Å². The Hall–Kier alpha value is -3.94. The second kappa shape index (κ2) is 8.20. The van der Waals surface area contributed by atoms with Crippen molar-refractivity contribution in [3.05, 3.63) is 109 Å². The number of H-pyrrole nitrogens is 2. The van der Waals surface area contributed by atoms with Crippen molar-refractivity contribution in [3.8, 4) is 0 Å². The molecule has 0 radical (unpaired) electrons. The number of rotatable bonds is 8. The number of nitrogens with one attached hydrogen (secondary N) is 2. The fourth-order valence-corrected chi connectivity index (χ4v) is 3.77. The van der Waals surface area contributed by atoms with Crippen LogP contribution in [0.15, 0.2) is 87.0 Å². The second-order valence-electron chi connectivity index (χ2n) is 7.43. The van der Waals surface area contributed by atoms with Crippen LogP contribution in [0, 0.1) is 0 Å². The van der Waals surface area contributed by atoms with Gasteiger partial charge in [0.1, 0.15) is 37.9 Å². The van der Waals surface area contributed by atoms with Gasteiger partial charge >= 0.3 is 0 Å². The Labute approximate surface area is 174 Å². The summed E-state index contributed by atoms with van der Waals surface area (Å²) < 4.78 is 8.55. The van der Waals surface area contributed by atoms with Crippen molar-refractivity contribution in [2.45, 2.75) is 26.2 Å². The molecular weight excluding hydrogens is 376 g/mol. The largest absolute Gasteiger partial charge is 0.333 e. The standard InChI is InChI=1S/C22H22N8/c1-5-27(15-23-1)11-19-9-21(13-29-7-3-25-17-29)22(14-30-8-4-26-18-30)10-20(19)12-28-6-2-24-16-28/h1-10,15-18H,11-14H2/p+2. The molecule has 1 aromatic carbocycles. The van der Waals surface area contributed by atoms with E-state index in [2.05, 4.69) is 62.7 Å². The summed E-state index contributed by atoms with van der Waals surface area (Å²) >= 11 is 0. The summed E-state index contributed by atoms with van der Waals surface area (Å²) in [5.41, 5.74) is 5.18. The van der Waals surface area contributed by atoms with Crippen molar-refractivity contribution >= 4 is 0 Å². The Balaban J connectivity index is 1.57. The summed E-state index contributed by atoms with van der Waals surface area (Å²) in [5.74, 6) is 0.